The molecule has 0 N–H and O–H groups in total. The maximum Gasteiger partial charge on any atom is 0.317 e. The molecule has 0 amide bonds. The molecule has 0 radical (unpaired) electrons. The predicted octanol–water partition coefficient (Wildman–Crippen LogP) is 5.39. The Kier molecular flexibility index (Phi) is 5.89. The number of carbonyl (C=O) groups excluding carboxylic acids is 3. The third-order valence-electron chi connectivity index (χ3n) is 7.44. The zero-order valence-electron chi connectivity index (χ0n) is 17.5. The highest BCUT2D eigenvalue weighted by Crippen LogP contribution is 2.42. The molecule has 29 heavy (non-hydrogen) atoms. The lowest BCUT2D eigenvalue weighted by molar-refractivity contribution is -0.152. The van der Waals surface area contributed by atoms with Crippen molar-refractivity contribution in [1.29, 1.82) is 0 Å². The van der Waals surface area contributed by atoms with Gasteiger partial charge in [-0.1, -0.05) is 69.7 Å². The molecule has 4 nitrogen and oxygen atoms in total. The molecule has 0 heterocycles. The number of fused-ring (bicyclic) bond motifs is 1. The molecule has 4 heteroatoms. The summed E-state index contributed by atoms with van der Waals surface area (Å²) in [5.41, 5.74) is 0.861. The standard InChI is InChI=1S/C25H32O4/c1-25(14-8-3-9-15-25)16-29-24(28)21-20(17-10-4-2-5-11-17)22(26)18-12-6-7-13-19(18)23(21)27/h6-7,12-13,17,20-21H,2-5,8-11,14-16H2,1H3. The van der Waals surface area contributed by atoms with Crippen LogP contribution in [0.3, 0.4) is 0 Å². The van der Waals surface area contributed by atoms with Gasteiger partial charge in [-0.05, 0) is 31.6 Å². The van der Waals surface area contributed by atoms with E-state index >= 15 is 0 Å². The van der Waals surface area contributed by atoms with Crippen LogP contribution in [-0.2, 0) is 9.53 Å². The Morgan fingerprint density at radius 2 is 1.52 bits per heavy atom. The number of carbonyl (C=O) groups is 3. The topological polar surface area (TPSA) is 60.4 Å². The van der Waals surface area contributed by atoms with Crippen molar-refractivity contribution in [3.05, 3.63) is 35.4 Å². The Bertz CT molecular complexity index is 784. The first kappa shape index (κ1) is 20.3. The number of esters is 1. The molecule has 0 saturated heterocycles. The van der Waals surface area contributed by atoms with Crippen molar-refractivity contribution in [2.24, 2.45) is 23.2 Å². The summed E-state index contributed by atoms with van der Waals surface area (Å²) in [5, 5.41) is 0. The summed E-state index contributed by atoms with van der Waals surface area (Å²) in [6.07, 6.45) is 10.8. The van der Waals surface area contributed by atoms with Gasteiger partial charge in [0.2, 0.25) is 0 Å². The molecule has 2 saturated carbocycles. The first-order valence-electron chi connectivity index (χ1n) is 11.3. The normalized spacial score (nSPS) is 27.3. The Balaban J connectivity index is 1.60. The van der Waals surface area contributed by atoms with Gasteiger partial charge >= 0.3 is 5.97 Å². The van der Waals surface area contributed by atoms with Crippen LogP contribution in [0, 0.1) is 23.2 Å². The number of ketones is 2. The molecule has 4 rings (SSSR count). The van der Waals surface area contributed by atoms with Crippen LogP contribution in [0.4, 0.5) is 0 Å². The Hall–Kier alpha value is -1.97. The minimum atomic E-state index is -0.979. The highest BCUT2D eigenvalue weighted by atomic mass is 16.5. The van der Waals surface area contributed by atoms with Crippen molar-refractivity contribution in [1.82, 2.24) is 0 Å². The van der Waals surface area contributed by atoms with Crippen LogP contribution >= 0.6 is 0 Å². The van der Waals surface area contributed by atoms with E-state index in [1.54, 1.807) is 24.3 Å². The first-order valence-corrected chi connectivity index (χ1v) is 11.3. The largest absolute Gasteiger partial charge is 0.465 e. The highest BCUT2D eigenvalue weighted by molar-refractivity contribution is 6.21. The molecular formula is C25H32O4. The molecule has 0 spiro atoms. The number of ether oxygens (including phenoxy) is 1. The SMILES string of the molecule is CC1(COC(=O)C2C(=O)c3ccccc3C(=O)C2C2CCCCC2)CCCCC1. The van der Waals surface area contributed by atoms with Crippen LogP contribution in [0.5, 0.6) is 0 Å². The highest BCUT2D eigenvalue weighted by Gasteiger charge is 2.49. The molecular weight excluding hydrogens is 364 g/mol. The van der Waals surface area contributed by atoms with Crippen LogP contribution in [0.15, 0.2) is 24.3 Å². The van der Waals surface area contributed by atoms with Gasteiger partial charge in [0.1, 0.15) is 5.92 Å². The van der Waals surface area contributed by atoms with E-state index in [4.69, 9.17) is 4.74 Å². The quantitative estimate of drug-likeness (QED) is 0.505. The molecule has 2 atom stereocenters. The zero-order valence-corrected chi connectivity index (χ0v) is 17.5. The maximum atomic E-state index is 13.4. The molecule has 0 bridgehead atoms. The molecule has 1 aromatic rings. The van der Waals surface area contributed by atoms with E-state index in [2.05, 4.69) is 6.92 Å². The van der Waals surface area contributed by atoms with Crippen molar-refractivity contribution >= 4 is 17.5 Å². The zero-order chi connectivity index (χ0) is 20.4. The summed E-state index contributed by atoms with van der Waals surface area (Å²) >= 11 is 0. The van der Waals surface area contributed by atoms with Crippen molar-refractivity contribution in [3.8, 4) is 0 Å². The van der Waals surface area contributed by atoms with Crippen LogP contribution in [0.1, 0.15) is 91.8 Å². The van der Waals surface area contributed by atoms with Crippen molar-refractivity contribution in [3.63, 3.8) is 0 Å². The third-order valence-corrected chi connectivity index (χ3v) is 7.44. The smallest absolute Gasteiger partial charge is 0.317 e. The van der Waals surface area contributed by atoms with Gasteiger partial charge in [-0.25, -0.2) is 0 Å². The third kappa shape index (κ3) is 4.04. The second kappa shape index (κ2) is 8.41. The van der Waals surface area contributed by atoms with Gasteiger partial charge in [0, 0.05) is 22.5 Å². The van der Waals surface area contributed by atoms with Crippen molar-refractivity contribution in [2.75, 3.05) is 6.61 Å². The van der Waals surface area contributed by atoms with Gasteiger partial charge < -0.3 is 4.74 Å². The van der Waals surface area contributed by atoms with Gasteiger partial charge in [-0.15, -0.1) is 0 Å². The monoisotopic (exact) mass is 396 g/mol. The van der Waals surface area contributed by atoms with E-state index in [0.29, 0.717) is 17.7 Å². The van der Waals surface area contributed by atoms with E-state index in [9.17, 15) is 14.4 Å². The molecule has 156 valence electrons. The predicted molar refractivity (Wildman–Crippen MR) is 111 cm³/mol. The van der Waals surface area contributed by atoms with E-state index in [-0.39, 0.29) is 22.9 Å². The molecule has 2 fully saturated rings. The average Bonchev–Trinajstić information content (AvgIpc) is 2.75. The molecule has 3 aliphatic carbocycles. The maximum absolute atomic E-state index is 13.4. The summed E-state index contributed by atoms with van der Waals surface area (Å²) in [6, 6.07) is 6.96. The van der Waals surface area contributed by atoms with Gasteiger partial charge in [0.05, 0.1) is 6.61 Å². The fraction of sp³-hybridized carbons (Fsp3) is 0.640. The summed E-state index contributed by atoms with van der Waals surface area (Å²) in [4.78, 5) is 39.9. The second-order valence-electron chi connectivity index (χ2n) is 9.65. The number of hydrogen-bond acceptors (Lipinski definition) is 4. The number of rotatable bonds is 4. The van der Waals surface area contributed by atoms with E-state index in [1.807, 2.05) is 0 Å². The van der Waals surface area contributed by atoms with Crippen LogP contribution in [0.25, 0.3) is 0 Å². The fourth-order valence-corrected chi connectivity index (χ4v) is 5.69. The van der Waals surface area contributed by atoms with Crippen LogP contribution in [-0.4, -0.2) is 24.1 Å². The molecule has 0 aromatic heterocycles. The minimum absolute atomic E-state index is 0.00608. The Morgan fingerprint density at radius 1 is 0.931 bits per heavy atom. The molecule has 2 unspecified atom stereocenters. The van der Waals surface area contributed by atoms with Crippen LogP contribution in [0.2, 0.25) is 0 Å². The van der Waals surface area contributed by atoms with Crippen molar-refractivity contribution < 1.29 is 19.1 Å². The van der Waals surface area contributed by atoms with Gasteiger partial charge in [0.25, 0.3) is 0 Å². The van der Waals surface area contributed by atoms with E-state index in [1.165, 1.54) is 6.42 Å². The molecule has 3 aliphatic rings. The van der Waals surface area contributed by atoms with Crippen molar-refractivity contribution in [2.45, 2.75) is 71.1 Å². The minimum Gasteiger partial charge on any atom is -0.465 e. The molecule has 1 aromatic carbocycles. The second-order valence-corrected chi connectivity index (χ2v) is 9.65. The average molecular weight is 397 g/mol. The lowest BCUT2D eigenvalue weighted by Gasteiger charge is -2.37. The Labute approximate surface area is 173 Å². The summed E-state index contributed by atoms with van der Waals surface area (Å²) in [6.45, 7) is 2.52. The van der Waals surface area contributed by atoms with Gasteiger partial charge in [0.15, 0.2) is 11.6 Å². The summed E-state index contributed by atoms with van der Waals surface area (Å²) < 4.78 is 5.77. The van der Waals surface area contributed by atoms with Gasteiger partial charge in [-0.3, -0.25) is 14.4 Å². The molecule has 0 aliphatic heterocycles. The Morgan fingerprint density at radius 3 is 2.17 bits per heavy atom. The van der Waals surface area contributed by atoms with Gasteiger partial charge in [-0.2, -0.15) is 0 Å². The summed E-state index contributed by atoms with van der Waals surface area (Å²) in [7, 11) is 0. The first-order chi connectivity index (χ1) is 14.0. The lowest BCUT2D eigenvalue weighted by Crippen LogP contribution is -2.46. The number of benzene rings is 1. The van der Waals surface area contributed by atoms with E-state index < -0.39 is 17.8 Å². The fourth-order valence-electron chi connectivity index (χ4n) is 5.69. The van der Waals surface area contributed by atoms with E-state index in [0.717, 1.165) is 57.8 Å². The lowest BCUT2D eigenvalue weighted by atomic mass is 9.65. The number of hydrogen-bond donors (Lipinski definition) is 0. The number of Topliss-reactive ketones (excluding diaryl/α,β-unsaturated/α-hetero) is 2. The van der Waals surface area contributed by atoms with Crippen LogP contribution < -0.4 is 0 Å². The summed E-state index contributed by atoms with van der Waals surface area (Å²) in [5.74, 6) is -2.21.